The molecule has 3 N–H and O–H groups in total. The van der Waals surface area contributed by atoms with E-state index in [-0.39, 0.29) is 25.1 Å². The third-order valence-corrected chi connectivity index (χ3v) is 3.66. The highest BCUT2D eigenvalue weighted by molar-refractivity contribution is 5.94. The van der Waals surface area contributed by atoms with Gasteiger partial charge >= 0.3 is 5.97 Å². The van der Waals surface area contributed by atoms with Crippen molar-refractivity contribution >= 4 is 17.8 Å². The smallest absolute Gasteiger partial charge is 0.306 e. The third-order valence-electron chi connectivity index (χ3n) is 3.66. The summed E-state index contributed by atoms with van der Waals surface area (Å²) in [4.78, 5) is 34.4. The Labute approximate surface area is 154 Å². The van der Waals surface area contributed by atoms with E-state index in [1.165, 1.54) is 12.1 Å². The second kappa shape index (κ2) is 9.42. The van der Waals surface area contributed by atoms with Gasteiger partial charge in [0, 0.05) is 24.6 Å². The average molecular weight is 376 g/mol. The Bertz CT molecular complexity index is 838. The van der Waals surface area contributed by atoms with Crippen LogP contribution in [0.1, 0.15) is 39.1 Å². The van der Waals surface area contributed by atoms with Crippen molar-refractivity contribution < 1.29 is 27.9 Å². The molecule has 0 atom stereocenters. The van der Waals surface area contributed by atoms with Crippen molar-refractivity contribution in [2.45, 2.75) is 19.4 Å². The Hall–Kier alpha value is -3.29. The molecule has 0 aromatic heterocycles. The molecular formula is C19H18F2N2O4. The van der Waals surface area contributed by atoms with Crippen molar-refractivity contribution in [3.63, 3.8) is 0 Å². The normalized spacial score (nSPS) is 10.3. The van der Waals surface area contributed by atoms with Gasteiger partial charge in [0.15, 0.2) is 0 Å². The van der Waals surface area contributed by atoms with Gasteiger partial charge in [-0.3, -0.25) is 14.4 Å². The van der Waals surface area contributed by atoms with E-state index in [1.807, 2.05) is 0 Å². The van der Waals surface area contributed by atoms with Crippen LogP contribution in [-0.4, -0.2) is 24.3 Å². The van der Waals surface area contributed by atoms with Crippen LogP contribution in [0.25, 0.3) is 0 Å². The van der Waals surface area contributed by atoms with E-state index in [2.05, 4.69) is 5.32 Å². The molecule has 0 aliphatic carbocycles. The minimum atomic E-state index is -0.950. The molecule has 0 aliphatic heterocycles. The standard InChI is InChI=1S/C19H18F2N2O4/c20-14-7-8-15(16(21)10-14)19(26)23-9-1-2-17(24)27-11-12-3-5-13(6-4-12)18(22)25/h3-8,10H,1-2,9,11H2,(H2,22,25)(H,23,26). The lowest BCUT2D eigenvalue weighted by atomic mass is 10.1. The SMILES string of the molecule is NC(=O)c1ccc(COC(=O)CCCNC(=O)c2ccc(F)cc2F)cc1. The minimum Gasteiger partial charge on any atom is -0.461 e. The van der Waals surface area contributed by atoms with Crippen LogP contribution in [0.15, 0.2) is 42.5 Å². The van der Waals surface area contributed by atoms with Gasteiger partial charge in [-0.2, -0.15) is 0 Å². The van der Waals surface area contributed by atoms with E-state index in [0.29, 0.717) is 23.6 Å². The number of nitrogens with one attached hydrogen (secondary N) is 1. The van der Waals surface area contributed by atoms with Gasteiger partial charge in [0.05, 0.1) is 5.56 Å². The van der Waals surface area contributed by atoms with Crippen molar-refractivity contribution in [3.8, 4) is 0 Å². The molecule has 0 radical (unpaired) electrons. The Morgan fingerprint density at radius 3 is 2.37 bits per heavy atom. The van der Waals surface area contributed by atoms with Crippen LogP contribution < -0.4 is 11.1 Å². The van der Waals surface area contributed by atoms with Crippen molar-refractivity contribution in [2.24, 2.45) is 5.73 Å². The Kier molecular flexibility index (Phi) is 6.99. The molecule has 0 saturated carbocycles. The summed E-state index contributed by atoms with van der Waals surface area (Å²) in [5.74, 6) is -3.40. The summed E-state index contributed by atoms with van der Waals surface area (Å²) in [5, 5.41) is 2.45. The number of hydrogen-bond donors (Lipinski definition) is 2. The molecule has 142 valence electrons. The summed E-state index contributed by atoms with van der Waals surface area (Å²) in [6.45, 7) is 0.184. The van der Waals surface area contributed by atoms with E-state index >= 15 is 0 Å². The first-order valence-corrected chi connectivity index (χ1v) is 8.14. The van der Waals surface area contributed by atoms with E-state index in [9.17, 15) is 23.2 Å². The molecule has 0 aliphatic rings. The number of nitrogens with two attached hydrogens (primary N) is 1. The number of benzene rings is 2. The van der Waals surface area contributed by atoms with Gasteiger partial charge in [-0.05, 0) is 36.2 Å². The zero-order valence-corrected chi connectivity index (χ0v) is 14.3. The molecule has 8 heteroatoms. The van der Waals surface area contributed by atoms with Gasteiger partial charge < -0.3 is 15.8 Å². The topological polar surface area (TPSA) is 98.5 Å². The molecule has 2 amide bonds. The molecule has 2 aromatic rings. The molecule has 2 aromatic carbocycles. The molecule has 0 spiro atoms. The predicted molar refractivity (Wildman–Crippen MR) is 92.7 cm³/mol. The number of amides is 2. The molecule has 0 heterocycles. The minimum absolute atomic E-state index is 0.0467. The van der Waals surface area contributed by atoms with Crippen LogP contribution in [0.5, 0.6) is 0 Å². The first-order valence-electron chi connectivity index (χ1n) is 8.14. The largest absolute Gasteiger partial charge is 0.461 e. The maximum absolute atomic E-state index is 13.5. The van der Waals surface area contributed by atoms with Gasteiger partial charge in [0.1, 0.15) is 18.2 Å². The van der Waals surface area contributed by atoms with E-state index < -0.39 is 29.4 Å². The van der Waals surface area contributed by atoms with Crippen LogP contribution in [0, 0.1) is 11.6 Å². The Balaban J connectivity index is 1.68. The van der Waals surface area contributed by atoms with Crippen molar-refractivity contribution in [2.75, 3.05) is 6.54 Å². The molecule has 0 saturated heterocycles. The maximum Gasteiger partial charge on any atom is 0.306 e. The summed E-state index contributed by atoms with van der Waals surface area (Å²) in [6.07, 6.45) is 0.361. The van der Waals surface area contributed by atoms with Gasteiger partial charge in [-0.25, -0.2) is 8.78 Å². The second-order valence-corrected chi connectivity index (χ2v) is 5.71. The molecule has 2 rings (SSSR count). The molecule has 0 unspecified atom stereocenters. The second-order valence-electron chi connectivity index (χ2n) is 5.71. The summed E-state index contributed by atoms with van der Waals surface area (Å²) in [7, 11) is 0. The molecule has 0 bridgehead atoms. The lowest BCUT2D eigenvalue weighted by Crippen LogP contribution is -2.26. The lowest BCUT2D eigenvalue weighted by Gasteiger charge is -2.07. The van der Waals surface area contributed by atoms with Crippen molar-refractivity contribution in [3.05, 3.63) is 70.8 Å². The fourth-order valence-corrected chi connectivity index (χ4v) is 2.20. The fourth-order valence-electron chi connectivity index (χ4n) is 2.20. The molecule has 6 nitrogen and oxygen atoms in total. The van der Waals surface area contributed by atoms with Gasteiger partial charge in [-0.15, -0.1) is 0 Å². The zero-order valence-electron chi connectivity index (χ0n) is 14.3. The number of primary amides is 1. The monoisotopic (exact) mass is 376 g/mol. The number of carbonyl (C=O) groups excluding carboxylic acids is 3. The van der Waals surface area contributed by atoms with Gasteiger partial charge in [-0.1, -0.05) is 12.1 Å². The van der Waals surface area contributed by atoms with Crippen LogP contribution in [0.2, 0.25) is 0 Å². The number of rotatable bonds is 8. The molecular weight excluding hydrogens is 358 g/mol. The van der Waals surface area contributed by atoms with Crippen molar-refractivity contribution in [1.29, 1.82) is 0 Å². The number of hydrogen-bond acceptors (Lipinski definition) is 4. The highest BCUT2D eigenvalue weighted by Gasteiger charge is 2.12. The Morgan fingerprint density at radius 1 is 1.04 bits per heavy atom. The van der Waals surface area contributed by atoms with Gasteiger partial charge in [0.2, 0.25) is 5.91 Å². The first-order chi connectivity index (χ1) is 12.9. The summed E-state index contributed by atoms with van der Waals surface area (Å²) in [5.41, 5.74) is 5.93. The first kappa shape index (κ1) is 20.0. The van der Waals surface area contributed by atoms with E-state index in [1.54, 1.807) is 12.1 Å². The quantitative estimate of drug-likeness (QED) is 0.546. The van der Waals surface area contributed by atoms with Crippen LogP contribution in [0.4, 0.5) is 8.78 Å². The zero-order chi connectivity index (χ0) is 19.8. The molecule has 27 heavy (non-hydrogen) atoms. The average Bonchev–Trinajstić information content (AvgIpc) is 2.63. The van der Waals surface area contributed by atoms with Crippen LogP contribution in [0.3, 0.4) is 0 Å². The fraction of sp³-hybridized carbons (Fsp3) is 0.211. The lowest BCUT2D eigenvalue weighted by molar-refractivity contribution is -0.145. The Morgan fingerprint density at radius 2 is 1.74 bits per heavy atom. The summed E-state index contributed by atoms with van der Waals surface area (Å²) in [6, 6.07) is 9.01. The highest BCUT2D eigenvalue weighted by atomic mass is 19.1. The van der Waals surface area contributed by atoms with Gasteiger partial charge in [0.25, 0.3) is 5.91 Å². The summed E-state index contributed by atoms with van der Waals surface area (Å²) < 4.78 is 31.4. The van der Waals surface area contributed by atoms with E-state index in [0.717, 1.165) is 12.1 Å². The number of carbonyl (C=O) groups is 3. The highest BCUT2D eigenvalue weighted by Crippen LogP contribution is 2.09. The summed E-state index contributed by atoms with van der Waals surface area (Å²) >= 11 is 0. The third kappa shape index (κ3) is 6.18. The predicted octanol–water partition coefficient (Wildman–Crippen LogP) is 2.32. The van der Waals surface area contributed by atoms with Crippen LogP contribution in [-0.2, 0) is 16.1 Å². The number of esters is 1. The van der Waals surface area contributed by atoms with E-state index in [4.69, 9.17) is 10.5 Å². The van der Waals surface area contributed by atoms with Crippen LogP contribution >= 0.6 is 0 Å². The number of halogens is 2. The molecule has 0 fully saturated rings. The number of ether oxygens (including phenoxy) is 1. The van der Waals surface area contributed by atoms with Crippen molar-refractivity contribution in [1.82, 2.24) is 5.32 Å². The maximum atomic E-state index is 13.5.